The Labute approximate surface area is 104 Å². The van der Waals surface area contributed by atoms with Crippen LogP contribution in [-0.4, -0.2) is 29.6 Å². The second-order valence-electron chi connectivity index (χ2n) is 6.32. The lowest BCUT2D eigenvalue weighted by Gasteiger charge is -2.25. The first-order chi connectivity index (χ1) is 8.21. The van der Waals surface area contributed by atoms with Gasteiger partial charge in [0.25, 0.3) is 0 Å². The zero-order valence-electron chi connectivity index (χ0n) is 10.9. The van der Waals surface area contributed by atoms with E-state index in [1.165, 1.54) is 32.1 Å². The largest absolute Gasteiger partial charge is 0.328 e. The molecule has 2 atom stereocenters. The van der Waals surface area contributed by atoms with E-state index in [2.05, 4.69) is 17.1 Å². The van der Waals surface area contributed by atoms with Crippen LogP contribution in [0.25, 0.3) is 0 Å². The molecule has 0 aromatic carbocycles. The van der Waals surface area contributed by atoms with Crippen LogP contribution in [0.4, 0.5) is 0 Å². The zero-order valence-corrected chi connectivity index (χ0v) is 10.9. The van der Waals surface area contributed by atoms with Crippen LogP contribution in [0.3, 0.4) is 0 Å². The summed E-state index contributed by atoms with van der Waals surface area (Å²) < 4.78 is 0. The molecule has 3 nitrogen and oxygen atoms in total. The van der Waals surface area contributed by atoms with Crippen molar-refractivity contribution in [3.8, 4) is 0 Å². The normalized spacial score (nSPS) is 36.3. The van der Waals surface area contributed by atoms with Gasteiger partial charge in [0, 0.05) is 6.54 Å². The molecule has 0 aromatic heterocycles. The molecule has 0 radical (unpaired) electrons. The fourth-order valence-corrected chi connectivity index (χ4v) is 3.99. The molecule has 1 saturated heterocycles. The van der Waals surface area contributed by atoms with E-state index in [-0.39, 0.29) is 5.54 Å². The summed E-state index contributed by atoms with van der Waals surface area (Å²) in [5.41, 5.74) is -0.151. The van der Waals surface area contributed by atoms with Crippen LogP contribution >= 0.6 is 0 Å². The Morgan fingerprint density at radius 2 is 2.06 bits per heavy atom. The minimum Gasteiger partial charge on any atom is -0.328 e. The van der Waals surface area contributed by atoms with Gasteiger partial charge in [-0.05, 0) is 31.1 Å². The molecular weight excluding hydrogens is 212 g/mol. The van der Waals surface area contributed by atoms with Gasteiger partial charge in [0.15, 0.2) is 0 Å². The molecule has 0 aromatic rings. The number of carbonyl (C=O) groups is 1. The van der Waals surface area contributed by atoms with Crippen molar-refractivity contribution in [3.63, 3.8) is 0 Å². The van der Waals surface area contributed by atoms with E-state index in [1.807, 2.05) is 0 Å². The highest BCUT2D eigenvalue weighted by Gasteiger charge is 2.48. The molecule has 17 heavy (non-hydrogen) atoms. The predicted octanol–water partition coefficient (Wildman–Crippen LogP) is 2.12. The van der Waals surface area contributed by atoms with Crippen molar-refractivity contribution in [2.45, 2.75) is 57.4 Å². The summed E-state index contributed by atoms with van der Waals surface area (Å²) in [4.78, 5) is 14.6. The summed E-state index contributed by atoms with van der Waals surface area (Å²) in [6, 6.07) is 0. The van der Waals surface area contributed by atoms with E-state index < -0.39 is 0 Å². The van der Waals surface area contributed by atoms with Gasteiger partial charge in [-0.2, -0.15) is 0 Å². The molecule has 96 valence electrons. The third-order valence-corrected chi connectivity index (χ3v) is 5.26. The summed E-state index contributed by atoms with van der Waals surface area (Å²) in [6.07, 6.45) is 8.57. The number of hydrogen-bond donors (Lipinski definition) is 1. The number of nitrogens with zero attached hydrogens (tertiary/aromatic N) is 1. The molecule has 3 aliphatic rings. The number of carbonyl (C=O) groups excluding carboxylic acids is 1. The van der Waals surface area contributed by atoms with E-state index in [0.29, 0.717) is 5.91 Å². The Bertz CT molecular complexity index is 309. The van der Waals surface area contributed by atoms with Crippen molar-refractivity contribution in [3.05, 3.63) is 0 Å². The molecule has 3 rings (SSSR count). The van der Waals surface area contributed by atoms with Crippen molar-refractivity contribution in [2.24, 2.45) is 11.8 Å². The molecule has 3 heteroatoms. The Balaban J connectivity index is 1.64. The monoisotopic (exact) mass is 236 g/mol. The van der Waals surface area contributed by atoms with Crippen LogP contribution in [0.1, 0.15) is 51.9 Å². The minimum absolute atomic E-state index is 0.151. The Kier molecular flexibility index (Phi) is 2.89. The molecule has 1 aliphatic heterocycles. The maximum atomic E-state index is 12.5. The van der Waals surface area contributed by atoms with Crippen LogP contribution in [0.15, 0.2) is 0 Å². The Hall–Kier alpha value is -0.570. The molecule has 1 heterocycles. The molecular formula is C14H24N2O. The van der Waals surface area contributed by atoms with E-state index in [0.717, 1.165) is 37.9 Å². The van der Waals surface area contributed by atoms with Crippen molar-refractivity contribution in [1.29, 1.82) is 0 Å². The third-order valence-electron chi connectivity index (χ3n) is 5.26. The first-order valence-electron chi connectivity index (χ1n) is 7.26. The minimum atomic E-state index is -0.151. The van der Waals surface area contributed by atoms with Gasteiger partial charge in [-0.15, -0.1) is 0 Å². The lowest BCUT2D eigenvalue weighted by molar-refractivity contribution is -0.132. The molecule has 2 aliphatic carbocycles. The van der Waals surface area contributed by atoms with Crippen LogP contribution in [0.2, 0.25) is 0 Å². The van der Waals surface area contributed by atoms with Crippen LogP contribution in [0.5, 0.6) is 0 Å². The summed E-state index contributed by atoms with van der Waals surface area (Å²) in [5, 5.41) is 3.50. The third kappa shape index (κ3) is 1.88. The van der Waals surface area contributed by atoms with E-state index >= 15 is 0 Å². The summed E-state index contributed by atoms with van der Waals surface area (Å²) in [5.74, 6) is 1.95. The van der Waals surface area contributed by atoms with Crippen LogP contribution < -0.4 is 5.32 Å². The zero-order chi connectivity index (χ0) is 11.9. The summed E-state index contributed by atoms with van der Waals surface area (Å²) in [7, 11) is 0. The van der Waals surface area contributed by atoms with Crippen LogP contribution in [0, 0.1) is 11.8 Å². The molecule has 2 unspecified atom stereocenters. The molecule has 2 saturated carbocycles. The molecule has 3 fully saturated rings. The highest BCUT2D eigenvalue weighted by Crippen LogP contribution is 2.37. The smallest absolute Gasteiger partial charge is 0.243 e. The standard InChI is InChI=1S/C14H24N2O/c1-11-5-4-6-12(11)9-16-10-15-14(13(16)17)7-2-3-8-14/h11-12,15H,2-10H2,1H3. The predicted molar refractivity (Wildman–Crippen MR) is 67.4 cm³/mol. The quantitative estimate of drug-likeness (QED) is 0.796. The van der Waals surface area contributed by atoms with Crippen molar-refractivity contribution in [2.75, 3.05) is 13.2 Å². The molecule has 1 spiro atoms. The Morgan fingerprint density at radius 1 is 1.29 bits per heavy atom. The molecule has 1 amide bonds. The summed E-state index contributed by atoms with van der Waals surface area (Å²) in [6.45, 7) is 4.13. The van der Waals surface area contributed by atoms with E-state index in [1.54, 1.807) is 0 Å². The maximum Gasteiger partial charge on any atom is 0.243 e. The summed E-state index contributed by atoms with van der Waals surface area (Å²) >= 11 is 0. The first-order valence-corrected chi connectivity index (χ1v) is 7.26. The lowest BCUT2D eigenvalue weighted by atomic mass is 9.95. The fourth-order valence-electron chi connectivity index (χ4n) is 3.99. The first kappa shape index (κ1) is 11.5. The van der Waals surface area contributed by atoms with Crippen LogP contribution in [-0.2, 0) is 4.79 Å². The molecule has 1 N–H and O–H groups in total. The van der Waals surface area contributed by atoms with E-state index in [9.17, 15) is 4.79 Å². The SMILES string of the molecule is CC1CCCC1CN1CNC2(CCCC2)C1=O. The fraction of sp³-hybridized carbons (Fsp3) is 0.929. The van der Waals surface area contributed by atoms with Gasteiger partial charge in [0.2, 0.25) is 5.91 Å². The van der Waals surface area contributed by atoms with Gasteiger partial charge >= 0.3 is 0 Å². The van der Waals surface area contributed by atoms with Gasteiger partial charge in [0.05, 0.1) is 12.2 Å². The second kappa shape index (κ2) is 4.27. The topological polar surface area (TPSA) is 32.3 Å². The average molecular weight is 236 g/mol. The molecule has 0 bridgehead atoms. The van der Waals surface area contributed by atoms with E-state index in [4.69, 9.17) is 0 Å². The van der Waals surface area contributed by atoms with Crippen molar-refractivity contribution in [1.82, 2.24) is 10.2 Å². The van der Waals surface area contributed by atoms with Gasteiger partial charge in [-0.1, -0.05) is 32.6 Å². The van der Waals surface area contributed by atoms with Crippen molar-refractivity contribution < 1.29 is 4.79 Å². The number of rotatable bonds is 2. The second-order valence-corrected chi connectivity index (χ2v) is 6.32. The van der Waals surface area contributed by atoms with Gasteiger partial charge in [-0.25, -0.2) is 0 Å². The Morgan fingerprint density at radius 3 is 2.71 bits per heavy atom. The van der Waals surface area contributed by atoms with Crippen molar-refractivity contribution >= 4 is 5.91 Å². The average Bonchev–Trinajstić information content (AvgIpc) is 3.00. The number of nitrogens with one attached hydrogen (secondary N) is 1. The lowest BCUT2D eigenvalue weighted by Crippen LogP contribution is -2.44. The van der Waals surface area contributed by atoms with Gasteiger partial charge < -0.3 is 4.90 Å². The highest BCUT2D eigenvalue weighted by molar-refractivity contribution is 5.88. The number of amides is 1. The van der Waals surface area contributed by atoms with Gasteiger partial charge in [0.1, 0.15) is 0 Å². The number of hydrogen-bond acceptors (Lipinski definition) is 2. The highest BCUT2D eigenvalue weighted by atomic mass is 16.2. The maximum absolute atomic E-state index is 12.5. The van der Waals surface area contributed by atoms with Gasteiger partial charge in [-0.3, -0.25) is 10.1 Å².